The summed E-state index contributed by atoms with van der Waals surface area (Å²) in [4.78, 5) is 25.6. The summed E-state index contributed by atoms with van der Waals surface area (Å²) in [5.74, 6) is -0.0656. The molecule has 1 saturated heterocycles. The third kappa shape index (κ3) is 2.41. The number of nitrogens with one attached hydrogen (secondary N) is 1. The Balaban J connectivity index is 2.13. The van der Waals surface area contributed by atoms with Crippen molar-refractivity contribution in [3.63, 3.8) is 0 Å². The molecule has 4 nitrogen and oxygen atoms in total. The molecule has 0 spiro atoms. The predicted octanol–water partition coefficient (Wildman–Crippen LogP) is 1.41. The first-order chi connectivity index (χ1) is 8.50. The van der Waals surface area contributed by atoms with E-state index >= 15 is 0 Å². The maximum atomic E-state index is 12.2. The molecule has 1 fully saturated rings. The molecule has 3 unspecified atom stereocenters. The van der Waals surface area contributed by atoms with E-state index in [2.05, 4.69) is 16.8 Å². The molecule has 1 aliphatic rings. The number of piperazine rings is 1. The van der Waals surface area contributed by atoms with E-state index in [0.29, 0.717) is 0 Å². The van der Waals surface area contributed by atoms with Crippen molar-refractivity contribution in [2.24, 2.45) is 0 Å². The highest BCUT2D eigenvalue weighted by Crippen LogP contribution is 2.18. The molecule has 1 aromatic heterocycles. The van der Waals surface area contributed by atoms with Crippen molar-refractivity contribution >= 4 is 23.2 Å². The van der Waals surface area contributed by atoms with Crippen molar-refractivity contribution < 1.29 is 9.59 Å². The molecule has 98 valence electrons. The molecular formula is C13H18N2O2S. The maximum absolute atomic E-state index is 12.2. The van der Waals surface area contributed by atoms with Crippen molar-refractivity contribution in [3.05, 3.63) is 22.4 Å². The zero-order chi connectivity index (χ0) is 13.3. The van der Waals surface area contributed by atoms with Crippen LogP contribution in [-0.4, -0.2) is 34.8 Å². The fourth-order valence-corrected chi connectivity index (χ4v) is 3.07. The molecule has 3 atom stereocenters. The third-order valence-corrected chi connectivity index (χ3v) is 4.10. The van der Waals surface area contributed by atoms with Crippen LogP contribution in [0.2, 0.25) is 0 Å². The number of carbonyl (C=O) groups is 2. The lowest BCUT2D eigenvalue weighted by Gasteiger charge is -2.40. The third-order valence-electron chi connectivity index (χ3n) is 3.37. The van der Waals surface area contributed by atoms with Crippen LogP contribution in [0.5, 0.6) is 0 Å². The number of hydrogen-bond acceptors (Lipinski definition) is 3. The monoisotopic (exact) mass is 266 g/mol. The van der Waals surface area contributed by atoms with E-state index in [0.717, 1.165) is 6.42 Å². The normalized spacial score (nSPS) is 26.1. The minimum Gasteiger partial charge on any atom is -0.343 e. The minimum atomic E-state index is -0.418. The summed E-state index contributed by atoms with van der Waals surface area (Å²) in [5.41, 5.74) is 1.21. The van der Waals surface area contributed by atoms with Crippen LogP contribution >= 0.6 is 11.3 Å². The Morgan fingerprint density at radius 3 is 2.78 bits per heavy atom. The second-order valence-electron chi connectivity index (χ2n) is 4.84. The lowest BCUT2D eigenvalue weighted by atomic mass is 10.0. The average Bonchev–Trinajstić information content (AvgIpc) is 2.79. The standard InChI is InChI=1S/C13H18N2O2S/c1-8(6-11-4-5-18-7-11)15-10(3)12(16)14-9(2)13(15)17/h4-5,7-10H,6H2,1-3H3,(H,14,16). The maximum Gasteiger partial charge on any atom is 0.245 e. The molecule has 0 aliphatic carbocycles. The molecule has 1 N–H and O–H groups in total. The molecule has 0 radical (unpaired) electrons. The molecule has 2 heterocycles. The molecule has 0 aromatic carbocycles. The van der Waals surface area contributed by atoms with Crippen molar-refractivity contribution in [2.45, 2.75) is 45.3 Å². The van der Waals surface area contributed by atoms with Gasteiger partial charge in [0.15, 0.2) is 0 Å². The first-order valence-corrected chi connectivity index (χ1v) is 7.08. The molecular weight excluding hydrogens is 248 g/mol. The highest BCUT2D eigenvalue weighted by Gasteiger charge is 2.38. The molecule has 1 aromatic rings. The molecule has 5 heteroatoms. The second-order valence-corrected chi connectivity index (χ2v) is 5.62. The van der Waals surface area contributed by atoms with Crippen molar-refractivity contribution in [2.75, 3.05) is 0 Å². The molecule has 2 rings (SSSR count). The van der Waals surface area contributed by atoms with Crippen LogP contribution in [0.15, 0.2) is 16.8 Å². The van der Waals surface area contributed by atoms with Crippen LogP contribution in [-0.2, 0) is 16.0 Å². The predicted molar refractivity (Wildman–Crippen MR) is 71.4 cm³/mol. The largest absolute Gasteiger partial charge is 0.343 e. The Hall–Kier alpha value is -1.36. The molecule has 0 saturated carbocycles. The first kappa shape index (κ1) is 13.1. The molecule has 1 aliphatic heterocycles. The zero-order valence-corrected chi connectivity index (χ0v) is 11.7. The fourth-order valence-electron chi connectivity index (χ4n) is 2.38. The first-order valence-electron chi connectivity index (χ1n) is 6.14. The van der Waals surface area contributed by atoms with E-state index in [4.69, 9.17) is 0 Å². The minimum absolute atomic E-state index is 0.00447. The Morgan fingerprint density at radius 2 is 2.17 bits per heavy atom. The summed E-state index contributed by atoms with van der Waals surface area (Å²) in [6.07, 6.45) is 0.791. The number of carbonyl (C=O) groups excluding carboxylic acids is 2. The van der Waals surface area contributed by atoms with E-state index in [-0.39, 0.29) is 23.9 Å². The highest BCUT2D eigenvalue weighted by molar-refractivity contribution is 7.07. The van der Waals surface area contributed by atoms with Gasteiger partial charge in [0.2, 0.25) is 11.8 Å². The Bertz CT molecular complexity index is 444. The van der Waals surface area contributed by atoms with Crippen LogP contribution < -0.4 is 5.32 Å². The molecule has 2 amide bonds. The number of rotatable bonds is 3. The van der Waals surface area contributed by atoms with Crippen LogP contribution in [0, 0.1) is 0 Å². The van der Waals surface area contributed by atoms with E-state index in [1.54, 1.807) is 30.1 Å². The van der Waals surface area contributed by atoms with Gasteiger partial charge in [0.05, 0.1) is 0 Å². The zero-order valence-electron chi connectivity index (χ0n) is 10.8. The van der Waals surface area contributed by atoms with Gasteiger partial charge in [0.25, 0.3) is 0 Å². The fraction of sp³-hybridized carbons (Fsp3) is 0.538. The van der Waals surface area contributed by atoms with Crippen molar-refractivity contribution in [1.29, 1.82) is 0 Å². The van der Waals surface area contributed by atoms with Crippen LogP contribution in [0.1, 0.15) is 26.3 Å². The van der Waals surface area contributed by atoms with Gasteiger partial charge in [0, 0.05) is 6.04 Å². The van der Waals surface area contributed by atoms with Crippen LogP contribution in [0.4, 0.5) is 0 Å². The highest BCUT2D eigenvalue weighted by atomic mass is 32.1. The van der Waals surface area contributed by atoms with Gasteiger partial charge >= 0.3 is 0 Å². The van der Waals surface area contributed by atoms with Gasteiger partial charge in [-0.2, -0.15) is 11.3 Å². The second kappa shape index (κ2) is 5.10. The summed E-state index contributed by atoms with van der Waals surface area (Å²) >= 11 is 1.65. The van der Waals surface area contributed by atoms with Gasteiger partial charge < -0.3 is 10.2 Å². The lowest BCUT2D eigenvalue weighted by molar-refractivity contribution is -0.150. The van der Waals surface area contributed by atoms with E-state index < -0.39 is 6.04 Å². The van der Waals surface area contributed by atoms with Gasteiger partial charge in [-0.05, 0) is 49.6 Å². The molecule has 18 heavy (non-hydrogen) atoms. The average molecular weight is 266 g/mol. The number of hydrogen-bond donors (Lipinski definition) is 1. The smallest absolute Gasteiger partial charge is 0.245 e. The summed E-state index contributed by atoms with van der Waals surface area (Å²) in [6, 6.07) is 1.29. The Kier molecular flexibility index (Phi) is 3.71. The van der Waals surface area contributed by atoms with E-state index in [1.165, 1.54) is 5.56 Å². The van der Waals surface area contributed by atoms with Gasteiger partial charge in [-0.25, -0.2) is 0 Å². The topological polar surface area (TPSA) is 49.4 Å². The Morgan fingerprint density at radius 1 is 1.44 bits per heavy atom. The van der Waals surface area contributed by atoms with Gasteiger partial charge in [-0.3, -0.25) is 9.59 Å². The number of thiophene rings is 1. The number of amides is 2. The summed E-state index contributed by atoms with van der Waals surface area (Å²) in [5, 5.41) is 6.80. The SMILES string of the molecule is CC1NC(=O)C(C)N(C(C)Cc2ccsc2)C1=O. The lowest BCUT2D eigenvalue weighted by Crippen LogP contribution is -2.63. The van der Waals surface area contributed by atoms with Gasteiger partial charge in [0.1, 0.15) is 12.1 Å². The molecule has 0 bridgehead atoms. The number of nitrogens with zero attached hydrogens (tertiary/aromatic N) is 1. The summed E-state index contributed by atoms with van der Waals surface area (Å²) in [7, 11) is 0. The Labute approximate surface area is 111 Å². The van der Waals surface area contributed by atoms with Gasteiger partial charge in [-0.1, -0.05) is 0 Å². The van der Waals surface area contributed by atoms with Crippen LogP contribution in [0.25, 0.3) is 0 Å². The van der Waals surface area contributed by atoms with Crippen LogP contribution in [0.3, 0.4) is 0 Å². The summed E-state index contributed by atoms with van der Waals surface area (Å²) in [6.45, 7) is 5.51. The summed E-state index contributed by atoms with van der Waals surface area (Å²) < 4.78 is 0. The van der Waals surface area contributed by atoms with E-state index in [1.807, 2.05) is 12.3 Å². The van der Waals surface area contributed by atoms with Crippen molar-refractivity contribution in [1.82, 2.24) is 10.2 Å². The quantitative estimate of drug-likeness (QED) is 0.899. The van der Waals surface area contributed by atoms with Gasteiger partial charge in [-0.15, -0.1) is 0 Å². The van der Waals surface area contributed by atoms with Crippen molar-refractivity contribution in [3.8, 4) is 0 Å². The van der Waals surface area contributed by atoms with E-state index in [9.17, 15) is 9.59 Å².